The molecule has 0 bridgehead atoms. The standard InChI is InChI=1S/C17H19NO3S/c1-13(2)21-17(15-7-5-4-6-8-15)18-22(19,20)16-11-9-14(3)10-12-16/h4-13H,1-3H3/b18-17+. The Hall–Kier alpha value is -2.14. The van der Waals surface area contributed by atoms with Crippen molar-refractivity contribution in [1.82, 2.24) is 0 Å². The van der Waals surface area contributed by atoms with E-state index in [1.807, 2.05) is 39.0 Å². The van der Waals surface area contributed by atoms with Crippen LogP contribution >= 0.6 is 0 Å². The molecule has 0 aliphatic heterocycles. The predicted octanol–water partition coefficient (Wildman–Crippen LogP) is 3.56. The van der Waals surface area contributed by atoms with Crippen LogP contribution in [-0.4, -0.2) is 20.4 Å². The van der Waals surface area contributed by atoms with Gasteiger partial charge >= 0.3 is 0 Å². The summed E-state index contributed by atoms with van der Waals surface area (Å²) in [7, 11) is -3.81. The van der Waals surface area contributed by atoms with Crippen LogP contribution < -0.4 is 0 Å². The fourth-order valence-corrected chi connectivity index (χ4v) is 2.77. The maximum atomic E-state index is 12.4. The Labute approximate surface area is 131 Å². The second kappa shape index (κ2) is 6.75. The highest BCUT2D eigenvalue weighted by Gasteiger charge is 2.17. The first-order valence-corrected chi connectivity index (χ1v) is 8.46. The van der Waals surface area contributed by atoms with Crippen LogP contribution in [-0.2, 0) is 14.8 Å². The van der Waals surface area contributed by atoms with Crippen LogP contribution in [0, 0.1) is 6.92 Å². The summed E-state index contributed by atoms with van der Waals surface area (Å²) in [5.41, 5.74) is 1.62. The Bertz CT molecular complexity index is 748. The van der Waals surface area contributed by atoms with Gasteiger partial charge in [-0.1, -0.05) is 35.9 Å². The Morgan fingerprint density at radius 2 is 1.59 bits per heavy atom. The van der Waals surface area contributed by atoms with Gasteiger partial charge in [-0.2, -0.15) is 8.42 Å². The number of sulfonamides is 1. The van der Waals surface area contributed by atoms with Gasteiger partial charge in [0.05, 0.1) is 11.0 Å². The van der Waals surface area contributed by atoms with Crippen LogP contribution in [0.25, 0.3) is 0 Å². The minimum Gasteiger partial charge on any atom is -0.474 e. The van der Waals surface area contributed by atoms with Crippen molar-refractivity contribution >= 4 is 15.9 Å². The minimum absolute atomic E-state index is 0.108. The van der Waals surface area contributed by atoms with Gasteiger partial charge in [0, 0.05) is 5.56 Å². The van der Waals surface area contributed by atoms with Gasteiger partial charge in [0.2, 0.25) is 5.90 Å². The molecule has 0 atom stereocenters. The van der Waals surface area contributed by atoms with Crippen LogP contribution in [0.2, 0.25) is 0 Å². The van der Waals surface area contributed by atoms with Crippen molar-refractivity contribution in [1.29, 1.82) is 0 Å². The van der Waals surface area contributed by atoms with E-state index in [2.05, 4.69) is 4.40 Å². The zero-order chi connectivity index (χ0) is 16.2. The lowest BCUT2D eigenvalue weighted by Crippen LogP contribution is -2.15. The molecule has 0 spiro atoms. The van der Waals surface area contributed by atoms with Crippen molar-refractivity contribution in [3.63, 3.8) is 0 Å². The summed E-state index contributed by atoms with van der Waals surface area (Å²) >= 11 is 0. The van der Waals surface area contributed by atoms with E-state index in [1.54, 1.807) is 36.4 Å². The molecule has 0 aliphatic carbocycles. The highest BCUT2D eigenvalue weighted by molar-refractivity contribution is 7.90. The van der Waals surface area contributed by atoms with E-state index < -0.39 is 10.0 Å². The lowest BCUT2D eigenvalue weighted by molar-refractivity contribution is 0.230. The molecule has 22 heavy (non-hydrogen) atoms. The molecule has 0 radical (unpaired) electrons. The number of hydrogen-bond acceptors (Lipinski definition) is 3. The summed E-state index contributed by atoms with van der Waals surface area (Å²) in [5, 5.41) is 0. The molecule has 116 valence electrons. The molecule has 4 nitrogen and oxygen atoms in total. The number of hydrogen-bond donors (Lipinski definition) is 0. The summed E-state index contributed by atoms with van der Waals surface area (Å²) in [6, 6.07) is 15.6. The number of benzene rings is 2. The molecule has 2 aromatic rings. The van der Waals surface area contributed by atoms with Gasteiger partial charge in [0.25, 0.3) is 10.0 Å². The maximum absolute atomic E-state index is 12.4. The molecule has 0 aliphatic rings. The van der Waals surface area contributed by atoms with Crippen molar-refractivity contribution in [2.75, 3.05) is 0 Å². The molecule has 0 N–H and O–H groups in total. The van der Waals surface area contributed by atoms with Crippen molar-refractivity contribution in [3.8, 4) is 0 Å². The third-order valence-electron chi connectivity index (χ3n) is 2.89. The van der Waals surface area contributed by atoms with E-state index in [0.29, 0.717) is 5.56 Å². The van der Waals surface area contributed by atoms with Gasteiger partial charge in [0.1, 0.15) is 0 Å². The SMILES string of the molecule is Cc1ccc(S(=O)(=O)/N=C(/OC(C)C)c2ccccc2)cc1. The predicted molar refractivity (Wildman–Crippen MR) is 87.6 cm³/mol. The molecule has 0 amide bonds. The van der Waals surface area contributed by atoms with E-state index >= 15 is 0 Å². The van der Waals surface area contributed by atoms with Crippen molar-refractivity contribution in [2.24, 2.45) is 4.40 Å². The fourth-order valence-electron chi connectivity index (χ4n) is 1.82. The zero-order valence-corrected chi connectivity index (χ0v) is 13.7. The van der Waals surface area contributed by atoms with Crippen molar-refractivity contribution < 1.29 is 13.2 Å². The first-order valence-electron chi connectivity index (χ1n) is 7.02. The normalized spacial score (nSPS) is 12.5. The average Bonchev–Trinajstić information content (AvgIpc) is 2.47. The molecule has 2 aromatic carbocycles. The van der Waals surface area contributed by atoms with E-state index in [-0.39, 0.29) is 16.9 Å². The average molecular weight is 317 g/mol. The molecule has 0 saturated heterocycles. The summed E-state index contributed by atoms with van der Waals surface area (Å²) < 4.78 is 34.4. The molecule has 5 heteroatoms. The number of aryl methyl sites for hydroxylation is 1. The Balaban J connectivity index is 2.46. The number of nitrogens with zero attached hydrogens (tertiary/aromatic N) is 1. The van der Waals surface area contributed by atoms with Crippen LogP contribution in [0.4, 0.5) is 0 Å². The van der Waals surface area contributed by atoms with Gasteiger partial charge in [-0.25, -0.2) is 0 Å². The molecule has 0 fully saturated rings. The molecular formula is C17H19NO3S. The quantitative estimate of drug-likeness (QED) is 0.640. The molecule has 0 saturated carbocycles. The summed E-state index contributed by atoms with van der Waals surface area (Å²) in [6.45, 7) is 5.56. The molecule has 2 rings (SSSR count). The highest BCUT2D eigenvalue weighted by atomic mass is 32.2. The van der Waals surface area contributed by atoms with Gasteiger partial charge < -0.3 is 4.74 Å². The summed E-state index contributed by atoms with van der Waals surface area (Å²) in [6.07, 6.45) is -0.174. The molecule has 0 unspecified atom stereocenters. The molecule has 0 aromatic heterocycles. The summed E-state index contributed by atoms with van der Waals surface area (Å²) in [5.74, 6) is 0.108. The van der Waals surface area contributed by atoms with Crippen LogP contribution in [0.5, 0.6) is 0 Å². The third kappa shape index (κ3) is 4.18. The van der Waals surface area contributed by atoms with E-state index in [1.165, 1.54) is 0 Å². The third-order valence-corrected chi connectivity index (χ3v) is 4.16. The first kappa shape index (κ1) is 16.2. The second-order valence-corrected chi connectivity index (χ2v) is 6.82. The van der Waals surface area contributed by atoms with Crippen LogP contribution in [0.15, 0.2) is 63.9 Å². The van der Waals surface area contributed by atoms with Crippen molar-refractivity contribution in [3.05, 3.63) is 65.7 Å². The van der Waals surface area contributed by atoms with E-state index in [9.17, 15) is 8.42 Å². The van der Waals surface area contributed by atoms with Gasteiger partial charge in [-0.3, -0.25) is 0 Å². The first-order chi connectivity index (χ1) is 10.4. The maximum Gasteiger partial charge on any atom is 0.285 e. The smallest absolute Gasteiger partial charge is 0.285 e. The van der Waals surface area contributed by atoms with E-state index in [0.717, 1.165) is 5.56 Å². The Morgan fingerprint density at radius 3 is 2.14 bits per heavy atom. The minimum atomic E-state index is -3.81. The van der Waals surface area contributed by atoms with Gasteiger partial charge in [0.15, 0.2) is 0 Å². The fraction of sp³-hybridized carbons (Fsp3) is 0.235. The lowest BCUT2D eigenvalue weighted by Gasteiger charge is -2.12. The van der Waals surface area contributed by atoms with E-state index in [4.69, 9.17) is 4.74 Å². The Kier molecular flexibility index (Phi) is 4.98. The van der Waals surface area contributed by atoms with Crippen LogP contribution in [0.3, 0.4) is 0 Å². The largest absolute Gasteiger partial charge is 0.474 e. The molecular weight excluding hydrogens is 298 g/mol. The lowest BCUT2D eigenvalue weighted by atomic mass is 10.2. The summed E-state index contributed by atoms with van der Waals surface area (Å²) in [4.78, 5) is 0.152. The number of ether oxygens (including phenoxy) is 1. The van der Waals surface area contributed by atoms with Gasteiger partial charge in [-0.15, -0.1) is 4.40 Å². The van der Waals surface area contributed by atoms with Crippen molar-refractivity contribution in [2.45, 2.75) is 31.8 Å². The Morgan fingerprint density at radius 1 is 1.00 bits per heavy atom. The monoisotopic (exact) mass is 317 g/mol. The highest BCUT2D eigenvalue weighted by Crippen LogP contribution is 2.16. The molecule has 0 heterocycles. The van der Waals surface area contributed by atoms with Crippen LogP contribution in [0.1, 0.15) is 25.0 Å². The topological polar surface area (TPSA) is 55.7 Å². The second-order valence-electron chi connectivity index (χ2n) is 5.22. The number of rotatable bonds is 4. The zero-order valence-electron chi connectivity index (χ0n) is 12.9. The van der Waals surface area contributed by atoms with Gasteiger partial charge in [-0.05, 0) is 45.0 Å².